The average molecular weight is 421 g/mol. The Hall–Kier alpha value is -2.32. The van der Waals surface area contributed by atoms with Crippen molar-refractivity contribution in [3.63, 3.8) is 0 Å². The molecule has 8 heteroatoms. The van der Waals surface area contributed by atoms with E-state index >= 15 is 0 Å². The fourth-order valence-corrected chi connectivity index (χ4v) is 3.93. The highest BCUT2D eigenvalue weighted by Gasteiger charge is 2.28. The van der Waals surface area contributed by atoms with Crippen LogP contribution in [0.3, 0.4) is 0 Å². The number of piperidine rings is 1. The number of ether oxygens (including phenoxy) is 3. The highest BCUT2D eigenvalue weighted by Crippen LogP contribution is 2.34. The summed E-state index contributed by atoms with van der Waals surface area (Å²) in [5, 5.41) is 13.5. The fourth-order valence-electron chi connectivity index (χ4n) is 3.93. The summed E-state index contributed by atoms with van der Waals surface area (Å²) < 4.78 is 16.1. The summed E-state index contributed by atoms with van der Waals surface area (Å²) in [6, 6.07) is 3.69. The lowest BCUT2D eigenvalue weighted by Gasteiger charge is -2.36. The van der Waals surface area contributed by atoms with Gasteiger partial charge in [0.25, 0.3) is 5.91 Å². The van der Waals surface area contributed by atoms with Crippen LogP contribution in [0.4, 0.5) is 0 Å². The molecule has 0 bridgehead atoms. The second-order valence-corrected chi connectivity index (χ2v) is 8.00. The number of benzene rings is 1. The van der Waals surface area contributed by atoms with Crippen molar-refractivity contribution in [3.05, 3.63) is 23.3 Å². The Morgan fingerprint density at radius 1 is 1.30 bits per heavy atom. The van der Waals surface area contributed by atoms with Gasteiger partial charge in [-0.1, -0.05) is 0 Å². The first-order valence-corrected chi connectivity index (χ1v) is 10.6. The number of carbonyl (C=O) groups is 2. The average Bonchev–Trinajstić information content (AvgIpc) is 2.97. The molecule has 2 aliphatic heterocycles. The molecule has 2 atom stereocenters. The Morgan fingerprint density at radius 3 is 2.87 bits per heavy atom. The number of hydrogen-bond acceptors (Lipinski definition) is 7. The van der Waals surface area contributed by atoms with Gasteiger partial charge < -0.3 is 29.5 Å². The number of β-amino-alcohol motifs (C(OH)–C–C–N with tert-alkyl or cyclic N) is 1. The molecule has 2 heterocycles. The van der Waals surface area contributed by atoms with Gasteiger partial charge in [-0.3, -0.25) is 9.59 Å². The summed E-state index contributed by atoms with van der Waals surface area (Å²) in [5.74, 6) is 0.672. The molecule has 1 fully saturated rings. The Balaban J connectivity index is 1.51. The molecule has 1 saturated heterocycles. The smallest absolute Gasteiger partial charge is 0.305 e. The normalized spacial score (nSPS) is 21.6. The number of nitrogens with zero attached hydrogens (tertiary/aromatic N) is 1. The Bertz CT molecular complexity index is 753. The van der Waals surface area contributed by atoms with E-state index in [2.05, 4.69) is 15.0 Å². The Labute approximate surface area is 177 Å². The zero-order valence-electron chi connectivity index (χ0n) is 17.8. The molecule has 0 aromatic heterocycles. The Morgan fingerprint density at radius 2 is 2.10 bits per heavy atom. The molecule has 0 spiro atoms. The van der Waals surface area contributed by atoms with Crippen molar-refractivity contribution in [3.8, 4) is 11.5 Å². The standard InChI is InChI=1S/C22H32N2O6/c1-15-11-17(21-19(12-15)29-9-4-10-30-21)22(27)23-13-16-6-8-24(14-18(16)25)7-3-5-20(26)28-2/h11-12,16,18,25H,3-10,13-14H2,1-2H3,(H,23,27)/t16-,18?/m0/s1. The maximum atomic E-state index is 12.8. The SMILES string of the molecule is COC(=O)CCCN1CC[C@@H](CNC(=O)c2cc(C)cc3c2OCCCO3)C(O)C1. The Kier molecular flexibility index (Phi) is 7.93. The number of esters is 1. The van der Waals surface area contributed by atoms with E-state index in [9.17, 15) is 14.7 Å². The third-order valence-corrected chi connectivity index (χ3v) is 5.65. The highest BCUT2D eigenvalue weighted by atomic mass is 16.5. The van der Waals surface area contributed by atoms with E-state index in [1.807, 2.05) is 19.1 Å². The van der Waals surface area contributed by atoms with Gasteiger partial charge >= 0.3 is 5.97 Å². The van der Waals surface area contributed by atoms with Gasteiger partial charge in [0, 0.05) is 31.8 Å². The summed E-state index contributed by atoms with van der Waals surface area (Å²) in [7, 11) is 1.39. The van der Waals surface area contributed by atoms with Crippen LogP contribution in [0.25, 0.3) is 0 Å². The minimum absolute atomic E-state index is 0.00797. The lowest BCUT2D eigenvalue weighted by Crippen LogP contribution is -2.47. The molecule has 30 heavy (non-hydrogen) atoms. The van der Waals surface area contributed by atoms with Crippen molar-refractivity contribution in [1.29, 1.82) is 0 Å². The summed E-state index contributed by atoms with van der Waals surface area (Å²) in [5.41, 5.74) is 1.41. The second kappa shape index (κ2) is 10.6. The van der Waals surface area contributed by atoms with Gasteiger partial charge in [0.05, 0.1) is 32.0 Å². The van der Waals surface area contributed by atoms with Gasteiger partial charge in [0.2, 0.25) is 0 Å². The van der Waals surface area contributed by atoms with Crippen molar-refractivity contribution in [1.82, 2.24) is 10.2 Å². The third-order valence-electron chi connectivity index (χ3n) is 5.65. The van der Waals surface area contributed by atoms with Crippen LogP contribution in [0, 0.1) is 12.8 Å². The van der Waals surface area contributed by atoms with Crippen molar-refractivity contribution < 1.29 is 28.9 Å². The first kappa shape index (κ1) is 22.4. The van der Waals surface area contributed by atoms with Crippen LogP contribution in [-0.4, -0.2) is 74.5 Å². The number of methoxy groups -OCH3 is 1. The van der Waals surface area contributed by atoms with Crippen LogP contribution < -0.4 is 14.8 Å². The monoisotopic (exact) mass is 420 g/mol. The molecule has 2 N–H and O–H groups in total. The fraction of sp³-hybridized carbons (Fsp3) is 0.636. The van der Waals surface area contributed by atoms with E-state index in [1.54, 1.807) is 0 Å². The highest BCUT2D eigenvalue weighted by molar-refractivity contribution is 5.98. The summed E-state index contributed by atoms with van der Waals surface area (Å²) in [6.07, 6.45) is 2.13. The second-order valence-electron chi connectivity index (χ2n) is 8.00. The third kappa shape index (κ3) is 5.86. The summed E-state index contributed by atoms with van der Waals surface area (Å²) in [4.78, 5) is 26.2. The van der Waals surface area contributed by atoms with Gasteiger partial charge in [-0.05, 0) is 50.6 Å². The molecule has 8 nitrogen and oxygen atoms in total. The molecular weight excluding hydrogens is 388 g/mol. The van der Waals surface area contributed by atoms with Crippen molar-refractivity contribution in [2.45, 2.75) is 38.7 Å². The summed E-state index contributed by atoms with van der Waals surface area (Å²) >= 11 is 0. The number of carbonyl (C=O) groups excluding carboxylic acids is 2. The topological polar surface area (TPSA) is 97.3 Å². The number of rotatable bonds is 7. The largest absolute Gasteiger partial charge is 0.490 e. The van der Waals surface area contributed by atoms with Crippen LogP contribution in [0.15, 0.2) is 12.1 Å². The van der Waals surface area contributed by atoms with Crippen molar-refractivity contribution in [2.75, 3.05) is 46.5 Å². The first-order valence-electron chi connectivity index (χ1n) is 10.6. The number of aliphatic hydroxyl groups excluding tert-OH is 1. The maximum absolute atomic E-state index is 12.8. The number of likely N-dealkylation sites (tertiary alicyclic amines) is 1. The van der Waals surface area contributed by atoms with E-state index in [4.69, 9.17) is 9.47 Å². The van der Waals surface area contributed by atoms with E-state index in [0.29, 0.717) is 56.2 Å². The number of hydrogen-bond donors (Lipinski definition) is 2. The van der Waals surface area contributed by atoms with Crippen molar-refractivity contribution >= 4 is 11.9 Å². The van der Waals surface area contributed by atoms with Gasteiger partial charge in [-0.15, -0.1) is 0 Å². The number of amides is 1. The molecule has 166 valence electrons. The minimum Gasteiger partial charge on any atom is -0.490 e. The molecule has 1 aromatic carbocycles. The number of aliphatic hydroxyl groups is 1. The summed E-state index contributed by atoms with van der Waals surface area (Å²) in [6.45, 7) is 5.53. The van der Waals surface area contributed by atoms with Crippen LogP contribution in [0.2, 0.25) is 0 Å². The van der Waals surface area contributed by atoms with E-state index < -0.39 is 6.10 Å². The quantitative estimate of drug-likeness (QED) is 0.646. The van der Waals surface area contributed by atoms with Crippen LogP contribution in [0.5, 0.6) is 11.5 Å². The molecule has 1 amide bonds. The lowest BCUT2D eigenvalue weighted by atomic mass is 9.93. The molecule has 3 rings (SSSR count). The predicted molar refractivity (Wildman–Crippen MR) is 111 cm³/mol. The number of fused-ring (bicyclic) bond motifs is 1. The van der Waals surface area contributed by atoms with E-state index in [1.165, 1.54) is 7.11 Å². The van der Waals surface area contributed by atoms with Crippen LogP contribution in [-0.2, 0) is 9.53 Å². The van der Waals surface area contributed by atoms with E-state index in [-0.39, 0.29) is 17.8 Å². The maximum Gasteiger partial charge on any atom is 0.305 e. The van der Waals surface area contributed by atoms with E-state index in [0.717, 1.165) is 31.5 Å². The van der Waals surface area contributed by atoms with Crippen LogP contribution in [0.1, 0.15) is 41.6 Å². The molecule has 1 unspecified atom stereocenters. The molecule has 0 aliphatic carbocycles. The van der Waals surface area contributed by atoms with Crippen LogP contribution >= 0.6 is 0 Å². The number of nitrogens with one attached hydrogen (secondary N) is 1. The zero-order chi connectivity index (χ0) is 21.5. The predicted octanol–water partition coefficient (Wildman–Crippen LogP) is 1.52. The minimum atomic E-state index is -0.522. The van der Waals surface area contributed by atoms with Crippen molar-refractivity contribution in [2.24, 2.45) is 5.92 Å². The van der Waals surface area contributed by atoms with Gasteiger partial charge in [0.15, 0.2) is 11.5 Å². The number of aryl methyl sites for hydroxylation is 1. The molecule has 0 radical (unpaired) electrons. The van der Waals surface area contributed by atoms with Gasteiger partial charge in [0.1, 0.15) is 0 Å². The molecule has 0 saturated carbocycles. The van der Waals surface area contributed by atoms with Gasteiger partial charge in [-0.2, -0.15) is 0 Å². The molecule has 2 aliphatic rings. The lowest BCUT2D eigenvalue weighted by molar-refractivity contribution is -0.140. The molecule has 1 aromatic rings. The zero-order valence-corrected chi connectivity index (χ0v) is 17.8. The van der Waals surface area contributed by atoms with Gasteiger partial charge in [-0.25, -0.2) is 0 Å². The first-order chi connectivity index (χ1) is 14.5. The molecular formula is C22H32N2O6.